The normalized spacial score (nSPS) is 12.7. The standard InChI is InChI=1S/C12H17ClO2/c1-7-5-11(13)10(6-8(2)14)9(3)12(7)15-4/h5,8,14H,6H2,1-4H3. The quantitative estimate of drug-likeness (QED) is 0.862. The topological polar surface area (TPSA) is 29.5 Å². The van der Waals surface area contributed by atoms with Crippen molar-refractivity contribution >= 4 is 11.6 Å². The molecule has 0 bridgehead atoms. The largest absolute Gasteiger partial charge is 0.496 e. The zero-order valence-electron chi connectivity index (χ0n) is 9.60. The number of hydrogen-bond donors (Lipinski definition) is 1. The minimum Gasteiger partial charge on any atom is -0.496 e. The summed E-state index contributed by atoms with van der Waals surface area (Å²) in [5.41, 5.74) is 3.01. The Morgan fingerprint density at radius 3 is 2.53 bits per heavy atom. The molecule has 0 aromatic heterocycles. The lowest BCUT2D eigenvalue weighted by Gasteiger charge is -2.16. The summed E-state index contributed by atoms with van der Waals surface area (Å²) in [6.07, 6.45) is 0.162. The van der Waals surface area contributed by atoms with Crippen molar-refractivity contribution in [2.75, 3.05) is 7.11 Å². The average Bonchev–Trinajstić information content (AvgIpc) is 2.12. The van der Waals surface area contributed by atoms with E-state index in [1.807, 2.05) is 19.9 Å². The molecular formula is C12H17ClO2. The Kier molecular flexibility index (Phi) is 4.00. The molecule has 1 atom stereocenters. The number of ether oxygens (including phenoxy) is 1. The zero-order chi connectivity index (χ0) is 11.6. The molecule has 3 heteroatoms. The van der Waals surface area contributed by atoms with Crippen molar-refractivity contribution < 1.29 is 9.84 Å². The Morgan fingerprint density at radius 2 is 2.07 bits per heavy atom. The second-order valence-corrected chi connectivity index (χ2v) is 4.27. The summed E-state index contributed by atoms with van der Waals surface area (Å²) in [5, 5.41) is 10.1. The highest BCUT2D eigenvalue weighted by molar-refractivity contribution is 6.31. The van der Waals surface area contributed by atoms with Crippen molar-refractivity contribution in [3.63, 3.8) is 0 Å². The number of aliphatic hydroxyl groups excluding tert-OH is 1. The molecule has 0 fully saturated rings. The Labute approximate surface area is 95.8 Å². The molecule has 0 radical (unpaired) electrons. The van der Waals surface area contributed by atoms with E-state index < -0.39 is 6.10 Å². The fraction of sp³-hybridized carbons (Fsp3) is 0.500. The van der Waals surface area contributed by atoms with E-state index in [0.29, 0.717) is 11.4 Å². The van der Waals surface area contributed by atoms with E-state index in [-0.39, 0.29) is 0 Å². The van der Waals surface area contributed by atoms with E-state index in [1.54, 1.807) is 14.0 Å². The van der Waals surface area contributed by atoms with Crippen molar-refractivity contribution in [1.82, 2.24) is 0 Å². The summed E-state index contributed by atoms with van der Waals surface area (Å²) in [6, 6.07) is 1.88. The van der Waals surface area contributed by atoms with Crippen molar-refractivity contribution in [2.45, 2.75) is 33.3 Å². The van der Waals surface area contributed by atoms with Crippen molar-refractivity contribution in [2.24, 2.45) is 0 Å². The van der Waals surface area contributed by atoms with Gasteiger partial charge in [-0.2, -0.15) is 0 Å². The Morgan fingerprint density at radius 1 is 1.47 bits per heavy atom. The molecular weight excluding hydrogens is 212 g/mol. The van der Waals surface area contributed by atoms with Crippen LogP contribution in [-0.2, 0) is 6.42 Å². The van der Waals surface area contributed by atoms with E-state index in [1.165, 1.54) is 0 Å². The van der Waals surface area contributed by atoms with E-state index >= 15 is 0 Å². The fourth-order valence-corrected chi connectivity index (χ4v) is 2.20. The van der Waals surface area contributed by atoms with Crippen LogP contribution in [-0.4, -0.2) is 18.3 Å². The minimum absolute atomic E-state index is 0.395. The summed E-state index contributed by atoms with van der Waals surface area (Å²) in [5.74, 6) is 0.857. The smallest absolute Gasteiger partial charge is 0.125 e. The van der Waals surface area contributed by atoms with E-state index in [2.05, 4.69) is 0 Å². The summed E-state index contributed by atoms with van der Waals surface area (Å²) < 4.78 is 5.31. The molecule has 0 spiro atoms. The van der Waals surface area contributed by atoms with Crippen LogP contribution < -0.4 is 4.74 Å². The van der Waals surface area contributed by atoms with Gasteiger partial charge in [-0.15, -0.1) is 0 Å². The number of methoxy groups -OCH3 is 1. The highest BCUT2D eigenvalue weighted by Gasteiger charge is 2.13. The zero-order valence-corrected chi connectivity index (χ0v) is 10.4. The van der Waals surface area contributed by atoms with Crippen LogP contribution >= 0.6 is 11.6 Å². The van der Waals surface area contributed by atoms with Gasteiger partial charge in [0.25, 0.3) is 0 Å². The summed E-state index contributed by atoms with van der Waals surface area (Å²) in [7, 11) is 1.65. The first-order chi connectivity index (χ1) is 6.97. The van der Waals surface area contributed by atoms with E-state index in [0.717, 1.165) is 22.4 Å². The van der Waals surface area contributed by atoms with Gasteiger partial charge < -0.3 is 9.84 Å². The van der Waals surface area contributed by atoms with Crippen LogP contribution in [0.2, 0.25) is 5.02 Å². The first-order valence-electron chi connectivity index (χ1n) is 4.98. The van der Waals surface area contributed by atoms with Crippen LogP contribution in [0.1, 0.15) is 23.6 Å². The van der Waals surface area contributed by atoms with Gasteiger partial charge in [0.05, 0.1) is 13.2 Å². The van der Waals surface area contributed by atoms with Crippen molar-refractivity contribution in [3.05, 3.63) is 27.8 Å². The summed E-state index contributed by atoms with van der Waals surface area (Å²) >= 11 is 6.14. The van der Waals surface area contributed by atoms with Crippen LogP contribution in [0.4, 0.5) is 0 Å². The molecule has 0 aliphatic heterocycles. The van der Waals surface area contributed by atoms with Gasteiger partial charge in [-0.1, -0.05) is 11.6 Å². The van der Waals surface area contributed by atoms with Gasteiger partial charge in [0, 0.05) is 5.02 Å². The Balaban J connectivity index is 3.26. The third kappa shape index (κ3) is 2.64. The van der Waals surface area contributed by atoms with Crippen LogP contribution in [0.5, 0.6) is 5.75 Å². The molecule has 84 valence electrons. The third-order valence-corrected chi connectivity index (χ3v) is 2.82. The SMILES string of the molecule is COc1c(C)cc(Cl)c(CC(C)O)c1C. The number of rotatable bonds is 3. The predicted octanol–water partition coefficient (Wildman–Crippen LogP) is 2.89. The maximum Gasteiger partial charge on any atom is 0.125 e. The van der Waals surface area contributed by atoms with Gasteiger partial charge in [-0.05, 0) is 49.9 Å². The Hall–Kier alpha value is -0.730. The molecule has 1 rings (SSSR count). The number of halogens is 1. The summed E-state index contributed by atoms with van der Waals surface area (Å²) in [6.45, 7) is 5.68. The molecule has 15 heavy (non-hydrogen) atoms. The molecule has 1 unspecified atom stereocenters. The first-order valence-corrected chi connectivity index (χ1v) is 5.35. The molecule has 2 nitrogen and oxygen atoms in total. The van der Waals surface area contributed by atoms with Gasteiger partial charge in [-0.25, -0.2) is 0 Å². The molecule has 0 heterocycles. The lowest BCUT2D eigenvalue weighted by molar-refractivity contribution is 0.195. The fourth-order valence-electron chi connectivity index (χ4n) is 1.81. The lowest BCUT2D eigenvalue weighted by Crippen LogP contribution is -2.07. The highest BCUT2D eigenvalue weighted by atomic mass is 35.5. The number of benzene rings is 1. The number of aryl methyl sites for hydroxylation is 1. The van der Waals surface area contributed by atoms with E-state index in [9.17, 15) is 5.11 Å². The highest BCUT2D eigenvalue weighted by Crippen LogP contribution is 2.32. The maximum absolute atomic E-state index is 9.39. The monoisotopic (exact) mass is 228 g/mol. The van der Waals surface area contributed by atoms with Crippen LogP contribution in [0, 0.1) is 13.8 Å². The van der Waals surface area contributed by atoms with Gasteiger partial charge in [-0.3, -0.25) is 0 Å². The first kappa shape index (κ1) is 12.3. The molecule has 0 amide bonds. The van der Waals surface area contributed by atoms with Gasteiger partial charge in [0.2, 0.25) is 0 Å². The lowest BCUT2D eigenvalue weighted by atomic mass is 9.99. The van der Waals surface area contributed by atoms with Crippen LogP contribution in [0.3, 0.4) is 0 Å². The average molecular weight is 229 g/mol. The van der Waals surface area contributed by atoms with Gasteiger partial charge >= 0.3 is 0 Å². The second kappa shape index (κ2) is 4.86. The molecule has 0 aliphatic rings. The second-order valence-electron chi connectivity index (χ2n) is 3.87. The van der Waals surface area contributed by atoms with Crippen LogP contribution in [0.25, 0.3) is 0 Å². The maximum atomic E-state index is 9.39. The molecule has 1 N–H and O–H groups in total. The van der Waals surface area contributed by atoms with Gasteiger partial charge in [0.1, 0.15) is 5.75 Å². The molecule has 1 aromatic rings. The predicted molar refractivity (Wildman–Crippen MR) is 62.9 cm³/mol. The number of hydrogen-bond acceptors (Lipinski definition) is 2. The molecule has 0 aliphatic carbocycles. The minimum atomic E-state index is -0.395. The van der Waals surface area contributed by atoms with Crippen molar-refractivity contribution in [3.8, 4) is 5.75 Å². The van der Waals surface area contributed by atoms with Crippen molar-refractivity contribution in [1.29, 1.82) is 0 Å². The Bertz CT molecular complexity index is 359. The van der Waals surface area contributed by atoms with Crippen LogP contribution in [0.15, 0.2) is 6.07 Å². The molecule has 0 saturated heterocycles. The van der Waals surface area contributed by atoms with E-state index in [4.69, 9.17) is 16.3 Å². The third-order valence-electron chi connectivity index (χ3n) is 2.49. The number of aliphatic hydroxyl groups is 1. The molecule has 0 saturated carbocycles. The van der Waals surface area contributed by atoms with Gasteiger partial charge in [0.15, 0.2) is 0 Å². The summed E-state index contributed by atoms with van der Waals surface area (Å²) in [4.78, 5) is 0. The molecule has 1 aromatic carbocycles.